The van der Waals surface area contributed by atoms with Gasteiger partial charge in [-0.1, -0.05) is 18.2 Å². The molecule has 15 heavy (non-hydrogen) atoms. The van der Waals surface area contributed by atoms with Gasteiger partial charge in [0.1, 0.15) is 12.4 Å². The third-order valence-corrected chi connectivity index (χ3v) is 1.88. The van der Waals surface area contributed by atoms with E-state index in [4.69, 9.17) is 5.73 Å². The van der Waals surface area contributed by atoms with E-state index in [1.807, 2.05) is 0 Å². The van der Waals surface area contributed by atoms with E-state index in [0.717, 1.165) is 0 Å². The number of alkyl halides is 2. The van der Waals surface area contributed by atoms with Crippen molar-refractivity contribution >= 4 is 0 Å². The van der Waals surface area contributed by atoms with Gasteiger partial charge < -0.3 is 10.5 Å². The second-order valence-electron chi connectivity index (χ2n) is 3.00. The normalized spacial score (nSPS) is 11.0. The Hall–Kier alpha value is -1.07. The van der Waals surface area contributed by atoms with E-state index >= 15 is 0 Å². The lowest BCUT2D eigenvalue weighted by Gasteiger charge is -2.07. The van der Waals surface area contributed by atoms with Gasteiger partial charge in [0, 0.05) is 17.7 Å². The molecule has 0 aliphatic heterocycles. The van der Waals surface area contributed by atoms with Crippen LogP contribution in [0.15, 0.2) is 18.2 Å². The Morgan fingerprint density at radius 3 is 2.53 bits per heavy atom. The minimum Gasteiger partial charge on any atom is -0.371 e. The fourth-order valence-electron chi connectivity index (χ4n) is 1.16. The number of halogens is 3. The fraction of sp³-hybridized carbons (Fsp3) is 0.400. The maximum atomic E-state index is 13.4. The summed E-state index contributed by atoms with van der Waals surface area (Å²) in [6, 6.07) is 4.65. The van der Waals surface area contributed by atoms with Crippen LogP contribution in [0.25, 0.3) is 0 Å². The Morgan fingerprint density at radius 2 is 1.93 bits per heavy atom. The van der Waals surface area contributed by atoms with Crippen LogP contribution in [0.2, 0.25) is 0 Å². The van der Waals surface area contributed by atoms with Crippen molar-refractivity contribution in [2.24, 2.45) is 5.73 Å². The second-order valence-corrected chi connectivity index (χ2v) is 3.00. The van der Waals surface area contributed by atoms with Crippen molar-refractivity contribution in [1.82, 2.24) is 0 Å². The van der Waals surface area contributed by atoms with Crippen LogP contribution in [0, 0.1) is 5.82 Å². The molecule has 0 atom stereocenters. The largest absolute Gasteiger partial charge is 0.371 e. The maximum absolute atomic E-state index is 13.4. The zero-order chi connectivity index (χ0) is 11.3. The van der Waals surface area contributed by atoms with Crippen LogP contribution in [0.3, 0.4) is 0 Å². The standard InChI is InChI=1S/C10H12F3NO/c11-9(12)6-15-5-8-3-1-2-7(4-14)10(8)13/h1-3,9H,4-6,14H2. The molecule has 0 aromatic heterocycles. The van der Waals surface area contributed by atoms with Crippen molar-refractivity contribution in [1.29, 1.82) is 0 Å². The molecule has 0 spiro atoms. The van der Waals surface area contributed by atoms with E-state index in [-0.39, 0.29) is 18.7 Å². The first-order valence-electron chi connectivity index (χ1n) is 4.47. The van der Waals surface area contributed by atoms with E-state index in [0.29, 0.717) is 5.56 Å². The number of rotatable bonds is 5. The lowest BCUT2D eigenvalue weighted by atomic mass is 10.1. The summed E-state index contributed by atoms with van der Waals surface area (Å²) < 4.78 is 41.6. The van der Waals surface area contributed by atoms with Crippen molar-refractivity contribution < 1.29 is 17.9 Å². The molecular weight excluding hydrogens is 207 g/mol. The highest BCUT2D eigenvalue weighted by atomic mass is 19.3. The van der Waals surface area contributed by atoms with Crippen LogP contribution in [0.5, 0.6) is 0 Å². The molecule has 0 saturated heterocycles. The summed E-state index contributed by atoms with van der Waals surface area (Å²) in [5.74, 6) is -0.478. The van der Waals surface area contributed by atoms with Crippen LogP contribution < -0.4 is 5.73 Å². The Kier molecular flexibility index (Phi) is 4.58. The average Bonchev–Trinajstić information content (AvgIpc) is 2.20. The Morgan fingerprint density at radius 1 is 1.27 bits per heavy atom. The predicted molar refractivity (Wildman–Crippen MR) is 50.0 cm³/mol. The molecule has 1 aromatic carbocycles. The summed E-state index contributed by atoms with van der Waals surface area (Å²) >= 11 is 0. The third kappa shape index (κ3) is 3.53. The summed E-state index contributed by atoms with van der Waals surface area (Å²) in [6.45, 7) is -0.773. The van der Waals surface area contributed by atoms with Gasteiger partial charge in [-0.05, 0) is 0 Å². The van der Waals surface area contributed by atoms with Crippen molar-refractivity contribution in [2.45, 2.75) is 19.6 Å². The van der Waals surface area contributed by atoms with E-state index in [1.54, 1.807) is 12.1 Å². The first-order chi connectivity index (χ1) is 7.15. The minimum absolute atomic E-state index is 0.0779. The van der Waals surface area contributed by atoms with Gasteiger partial charge in [0.05, 0.1) is 6.61 Å². The molecule has 2 nitrogen and oxygen atoms in total. The zero-order valence-electron chi connectivity index (χ0n) is 8.05. The number of hydrogen-bond acceptors (Lipinski definition) is 2. The fourth-order valence-corrected chi connectivity index (χ4v) is 1.16. The topological polar surface area (TPSA) is 35.2 Å². The highest BCUT2D eigenvalue weighted by Gasteiger charge is 2.08. The van der Waals surface area contributed by atoms with Crippen LogP contribution in [0.1, 0.15) is 11.1 Å². The van der Waals surface area contributed by atoms with Gasteiger partial charge >= 0.3 is 0 Å². The molecule has 5 heteroatoms. The maximum Gasteiger partial charge on any atom is 0.261 e. The smallest absolute Gasteiger partial charge is 0.261 e. The lowest BCUT2D eigenvalue weighted by molar-refractivity contribution is 0.00898. The lowest BCUT2D eigenvalue weighted by Crippen LogP contribution is -2.07. The van der Waals surface area contributed by atoms with Crippen LogP contribution in [0.4, 0.5) is 13.2 Å². The highest BCUT2D eigenvalue weighted by Crippen LogP contribution is 2.13. The number of ether oxygens (including phenoxy) is 1. The summed E-state index contributed by atoms with van der Waals surface area (Å²) in [7, 11) is 0. The average molecular weight is 219 g/mol. The summed E-state index contributed by atoms with van der Waals surface area (Å²) in [4.78, 5) is 0. The molecule has 0 unspecified atom stereocenters. The molecule has 2 N–H and O–H groups in total. The number of hydrogen-bond donors (Lipinski definition) is 1. The summed E-state index contributed by atoms with van der Waals surface area (Å²) in [5.41, 5.74) is 5.90. The monoisotopic (exact) mass is 219 g/mol. The molecule has 84 valence electrons. The molecule has 0 heterocycles. The molecule has 1 rings (SSSR count). The van der Waals surface area contributed by atoms with Gasteiger partial charge in [-0.25, -0.2) is 13.2 Å². The van der Waals surface area contributed by atoms with Crippen molar-refractivity contribution in [3.05, 3.63) is 35.1 Å². The van der Waals surface area contributed by atoms with Crippen molar-refractivity contribution in [3.8, 4) is 0 Å². The predicted octanol–water partition coefficient (Wildman–Crippen LogP) is 2.07. The molecule has 0 radical (unpaired) electrons. The molecular formula is C10H12F3NO. The highest BCUT2D eigenvalue weighted by molar-refractivity contribution is 5.25. The first kappa shape index (κ1) is 12.0. The van der Waals surface area contributed by atoms with Crippen LogP contribution >= 0.6 is 0 Å². The van der Waals surface area contributed by atoms with Gasteiger partial charge in [0.2, 0.25) is 0 Å². The van der Waals surface area contributed by atoms with Gasteiger partial charge in [-0.3, -0.25) is 0 Å². The van der Waals surface area contributed by atoms with Crippen molar-refractivity contribution in [3.63, 3.8) is 0 Å². The molecule has 0 amide bonds. The third-order valence-electron chi connectivity index (χ3n) is 1.88. The summed E-state index contributed by atoms with van der Waals surface area (Å²) in [6.07, 6.45) is -2.54. The quantitative estimate of drug-likeness (QED) is 0.822. The van der Waals surface area contributed by atoms with E-state index in [9.17, 15) is 13.2 Å². The molecule has 1 aromatic rings. The van der Waals surface area contributed by atoms with Gasteiger partial charge in [0.25, 0.3) is 6.43 Å². The molecule has 0 aliphatic rings. The van der Waals surface area contributed by atoms with E-state index < -0.39 is 18.8 Å². The number of nitrogens with two attached hydrogens (primary N) is 1. The van der Waals surface area contributed by atoms with E-state index in [1.165, 1.54) is 6.07 Å². The minimum atomic E-state index is -2.54. The van der Waals surface area contributed by atoms with Gasteiger partial charge in [-0.2, -0.15) is 0 Å². The first-order valence-corrected chi connectivity index (χ1v) is 4.47. The molecule has 0 saturated carbocycles. The molecule has 0 bridgehead atoms. The Balaban J connectivity index is 2.61. The summed E-state index contributed by atoms with van der Waals surface area (Å²) in [5, 5.41) is 0. The second kappa shape index (κ2) is 5.72. The Bertz CT molecular complexity index is 318. The number of benzene rings is 1. The van der Waals surface area contributed by atoms with Crippen molar-refractivity contribution in [2.75, 3.05) is 6.61 Å². The van der Waals surface area contributed by atoms with Gasteiger partial charge in [-0.15, -0.1) is 0 Å². The zero-order valence-corrected chi connectivity index (χ0v) is 8.05. The van der Waals surface area contributed by atoms with Crippen LogP contribution in [-0.2, 0) is 17.9 Å². The Labute approximate surface area is 85.8 Å². The molecule has 0 aliphatic carbocycles. The van der Waals surface area contributed by atoms with E-state index in [2.05, 4.69) is 4.74 Å². The van der Waals surface area contributed by atoms with Crippen LogP contribution in [-0.4, -0.2) is 13.0 Å². The molecule has 0 fully saturated rings. The SMILES string of the molecule is NCc1cccc(COCC(F)F)c1F. The van der Waals surface area contributed by atoms with Gasteiger partial charge in [0.15, 0.2) is 0 Å².